The molecule has 0 radical (unpaired) electrons. The number of carbonyl (C=O) groups is 2. The second-order valence-corrected chi connectivity index (χ2v) is 10.9. The zero-order valence-electron chi connectivity index (χ0n) is 22.8. The Labute approximate surface area is 234 Å². The normalized spacial score (nSPS) is 12.6. The number of amidine groups is 1. The van der Waals surface area contributed by atoms with Gasteiger partial charge in [0.25, 0.3) is 0 Å². The molecule has 5 N–H and O–H groups in total. The van der Waals surface area contributed by atoms with Crippen LogP contribution in [0.4, 0.5) is 21.2 Å². The third-order valence-corrected chi connectivity index (χ3v) is 7.85. The van der Waals surface area contributed by atoms with E-state index in [1.807, 2.05) is 85.5 Å². The number of urea groups is 1. The Bertz CT molecular complexity index is 1290. The quantitative estimate of drug-likeness (QED) is 0.190. The van der Waals surface area contributed by atoms with Crippen molar-refractivity contribution in [2.24, 2.45) is 0 Å². The van der Waals surface area contributed by atoms with Crippen LogP contribution in [0.1, 0.15) is 28.0 Å². The molecule has 0 saturated heterocycles. The summed E-state index contributed by atoms with van der Waals surface area (Å²) in [6.07, 6.45) is 2.02. The maximum atomic E-state index is 12.6. The Morgan fingerprint density at radius 3 is 2.38 bits per heavy atom. The second kappa shape index (κ2) is 13.3. The van der Waals surface area contributed by atoms with Gasteiger partial charge in [-0.2, -0.15) is 0 Å². The monoisotopic (exact) mass is 547 g/mol. The van der Waals surface area contributed by atoms with Crippen LogP contribution in [-0.4, -0.2) is 68.4 Å². The van der Waals surface area contributed by atoms with Gasteiger partial charge in [0, 0.05) is 49.4 Å². The summed E-state index contributed by atoms with van der Waals surface area (Å²) in [5.41, 5.74) is 4.65. The number of nitrogens with zero attached hydrogens (tertiary/aromatic N) is 2. The number of thiophene rings is 1. The summed E-state index contributed by atoms with van der Waals surface area (Å²) < 4.78 is 0. The van der Waals surface area contributed by atoms with Crippen molar-refractivity contribution in [3.63, 3.8) is 0 Å². The summed E-state index contributed by atoms with van der Waals surface area (Å²) in [5.74, 6) is 0.585. The zero-order valence-corrected chi connectivity index (χ0v) is 23.6. The molecule has 0 bridgehead atoms. The van der Waals surface area contributed by atoms with Crippen molar-refractivity contribution in [3.8, 4) is 0 Å². The number of anilines is 3. The van der Waals surface area contributed by atoms with E-state index in [1.54, 1.807) is 11.3 Å². The lowest BCUT2D eigenvalue weighted by molar-refractivity contribution is -0.132. The van der Waals surface area contributed by atoms with E-state index in [1.165, 1.54) is 5.56 Å². The number of hydrogen-bond acceptors (Lipinski definition) is 6. The molecule has 4 rings (SSSR count). The number of rotatable bonds is 10. The van der Waals surface area contributed by atoms with Gasteiger partial charge < -0.3 is 31.1 Å². The summed E-state index contributed by atoms with van der Waals surface area (Å²) in [7, 11) is 5.83. The predicted molar refractivity (Wildman–Crippen MR) is 160 cm³/mol. The lowest BCUT2D eigenvalue weighted by Crippen LogP contribution is -2.37. The highest BCUT2D eigenvalue weighted by molar-refractivity contribution is 7.16. The van der Waals surface area contributed by atoms with Crippen LogP contribution in [-0.2, 0) is 24.2 Å². The second-order valence-electron chi connectivity index (χ2n) is 9.77. The van der Waals surface area contributed by atoms with E-state index in [9.17, 15) is 9.59 Å². The molecule has 0 unspecified atom stereocenters. The van der Waals surface area contributed by atoms with Crippen LogP contribution in [0.25, 0.3) is 0 Å². The lowest BCUT2D eigenvalue weighted by Gasteiger charge is -2.28. The molecule has 0 spiro atoms. The summed E-state index contributed by atoms with van der Waals surface area (Å²) in [6.45, 7) is 2.65. The smallest absolute Gasteiger partial charge is 0.323 e. The van der Waals surface area contributed by atoms with Crippen LogP contribution in [0, 0.1) is 5.41 Å². The van der Waals surface area contributed by atoms with Crippen LogP contribution in [0.5, 0.6) is 0 Å². The molecule has 2 heterocycles. The number of carbonyl (C=O) groups excluding carboxylic acids is 2. The fraction of sp³-hybridized carbons (Fsp3) is 0.345. The molecule has 3 aromatic rings. The minimum absolute atomic E-state index is 0.182. The molecule has 0 aliphatic carbocycles. The first-order valence-corrected chi connectivity index (χ1v) is 13.9. The van der Waals surface area contributed by atoms with Gasteiger partial charge >= 0.3 is 6.03 Å². The van der Waals surface area contributed by atoms with E-state index >= 15 is 0 Å². The molecular weight excluding hydrogens is 510 g/mol. The summed E-state index contributed by atoms with van der Waals surface area (Å²) >= 11 is 1.64. The molecule has 0 saturated carbocycles. The van der Waals surface area contributed by atoms with Crippen LogP contribution in [0.2, 0.25) is 0 Å². The molecule has 206 valence electrons. The molecule has 0 fully saturated rings. The van der Waals surface area contributed by atoms with E-state index in [4.69, 9.17) is 5.41 Å². The van der Waals surface area contributed by atoms with Gasteiger partial charge in [0.15, 0.2) is 0 Å². The van der Waals surface area contributed by atoms with E-state index in [-0.39, 0.29) is 11.9 Å². The maximum absolute atomic E-state index is 12.6. The van der Waals surface area contributed by atoms with Crippen molar-refractivity contribution in [2.75, 3.05) is 56.7 Å². The van der Waals surface area contributed by atoms with Gasteiger partial charge in [0.05, 0.1) is 17.1 Å². The fourth-order valence-electron chi connectivity index (χ4n) is 4.52. The largest absolute Gasteiger partial charge is 0.379 e. The lowest BCUT2D eigenvalue weighted by atomic mass is 10.0. The first kappa shape index (κ1) is 28.1. The molecule has 3 amide bonds. The van der Waals surface area contributed by atoms with Crippen molar-refractivity contribution in [1.82, 2.24) is 15.1 Å². The van der Waals surface area contributed by atoms with E-state index in [2.05, 4.69) is 21.3 Å². The molecule has 1 aliphatic heterocycles. The fourth-order valence-corrected chi connectivity index (χ4v) is 5.75. The molecule has 10 heteroatoms. The third kappa shape index (κ3) is 7.58. The van der Waals surface area contributed by atoms with Gasteiger partial charge in [0.2, 0.25) is 5.91 Å². The minimum Gasteiger partial charge on any atom is -0.379 e. The Hall–Kier alpha value is -3.89. The van der Waals surface area contributed by atoms with Gasteiger partial charge in [0.1, 0.15) is 5.84 Å². The van der Waals surface area contributed by atoms with Crippen molar-refractivity contribution in [2.45, 2.75) is 25.8 Å². The first-order valence-electron chi connectivity index (χ1n) is 13.1. The molecule has 2 aromatic carbocycles. The van der Waals surface area contributed by atoms with Crippen LogP contribution >= 0.6 is 11.3 Å². The predicted octanol–water partition coefficient (Wildman–Crippen LogP) is 4.43. The molecule has 39 heavy (non-hydrogen) atoms. The van der Waals surface area contributed by atoms with Crippen molar-refractivity contribution in [3.05, 3.63) is 76.2 Å². The first-order chi connectivity index (χ1) is 18.8. The Kier molecular flexibility index (Phi) is 9.56. The Balaban J connectivity index is 1.28. The Morgan fingerprint density at radius 2 is 1.72 bits per heavy atom. The topological polar surface area (TPSA) is 113 Å². The standard InChI is InChI=1S/C29H37N7O2S/c1-31-28-26(23-14-18-36(19-24(23)39-28)25(37)15-17-35(2)3)27(30)32-16-13-20-9-11-22(12-10-20)34-29(38)33-21-7-5-4-6-8-21/h4-12,31H,13-19H2,1-3H3,(H2,30,32)(H2,33,34,38). The molecular formula is C29H37N7O2S. The summed E-state index contributed by atoms with van der Waals surface area (Å²) in [5, 5.41) is 21.9. The highest BCUT2D eigenvalue weighted by atomic mass is 32.1. The number of para-hydroxylation sites is 1. The summed E-state index contributed by atoms with van der Waals surface area (Å²) in [6, 6.07) is 16.7. The SMILES string of the molecule is CNc1sc2c(c1C(=N)NCCc1ccc(NC(=O)Nc3ccccc3)cc1)CCN(C(=O)CCN(C)C)C2. The van der Waals surface area contributed by atoms with Crippen LogP contribution in [0.15, 0.2) is 54.6 Å². The maximum Gasteiger partial charge on any atom is 0.323 e. The zero-order chi connectivity index (χ0) is 27.8. The van der Waals surface area contributed by atoms with Crippen molar-refractivity contribution < 1.29 is 9.59 Å². The highest BCUT2D eigenvalue weighted by Crippen LogP contribution is 2.37. The average molecular weight is 548 g/mol. The number of fused-ring (bicyclic) bond motifs is 1. The van der Waals surface area contributed by atoms with Gasteiger partial charge in [-0.1, -0.05) is 30.3 Å². The number of hydrogen-bond donors (Lipinski definition) is 5. The van der Waals surface area contributed by atoms with Gasteiger partial charge in [-0.3, -0.25) is 10.2 Å². The van der Waals surface area contributed by atoms with Crippen molar-refractivity contribution in [1.29, 1.82) is 5.41 Å². The number of nitrogens with one attached hydrogen (secondary N) is 5. The van der Waals surface area contributed by atoms with E-state index in [0.29, 0.717) is 37.6 Å². The molecule has 9 nitrogen and oxygen atoms in total. The molecule has 0 atom stereocenters. The van der Waals surface area contributed by atoms with Crippen molar-refractivity contribution >= 4 is 45.5 Å². The third-order valence-electron chi connectivity index (χ3n) is 6.62. The highest BCUT2D eigenvalue weighted by Gasteiger charge is 2.28. The van der Waals surface area contributed by atoms with Crippen LogP contribution < -0.4 is 21.3 Å². The minimum atomic E-state index is -0.287. The Morgan fingerprint density at radius 1 is 1.03 bits per heavy atom. The van der Waals surface area contributed by atoms with E-state index in [0.717, 1.165) is 46.1 Å². The number of benzene rings is 2. The van der Waals surface area contributed by atoms with E-state index < -0.39 is 0 Å². The van der Waals surface area contributed by atoms with Gasteiger partial charge in [-0.25, -0.2) is 4.79 Å². The van der Waals surface area contributed by atoms with Crippen LogP contribution in [0.3, 0.4) is 0 Å². The van der Waals surface area contributed by atoms with Gasteiger partial charge in [-0.15, -0.1) is 11.3 Å². The van der Waals surface area contributed by atoms with Gasteiger partial charge in [-0.05, 0) is 62.3 Å². The molecule has 1 aromatic heterocycles. The summed E-state index contributed by atoms with van der Waals surface area (Å²) in [4.78, 5) is 30.0. The molecule has 1 aliphatic rings. The average Bonchev–Trinajstić information content (AvgIpc) is 3.31. The number of amides is 3.